The first-order chi connectivity index (χ1) is 15.3. The maximum Gasteiger partial charge on any atom is 0.313 e. The number of hydrogen-bond acceptors (Lipinski definition) is 6. The van der Waals surface area contributed by atoms with Gasteiger partial charge in [0.05, 0.1) is 24.2 Å². The highest BCUT2D eigenvalue weighted by atomic mass is 35.5. The highest BCUT2D eigenvalue weighted by molar-refractivity contribution is 6.30. The Labute approximate surface area is 189 Å². The zero-order chi connectivity index (χ0) is 23.0. The number of amides is 2. The highest BCUT2D eigenvalue weighted by Gasteiger charge is 2.56. The van der Waals surface area contributed by atoms with Crippen molar-refractivity contribution >= 4 is 41.0 Å². The Kier molecular flexibility index (Phi) is 5.69. The average Bonchev–Trinajstić information content (AvgIpc) is 3.30. The van der Waals surface area contributed by atoms with Crippen molar-refractivity contribution in [3.63, 3.8) is 0 Å². The van der Waals surface area contributed by atoms with Gasteiger partial charge in [-0.1, -0.05) is 35.9 Å². The topological polar surface area (TPSA) is 97.8 Å². The van der Waals surface area contributed by atoms with E-state index in [1.54, 1.807) is 36.4 Å². The molecule has 32 heavy (non-hydrogen) atoms. The van der Waals surface area contributed by atoms with E-state index < -0.39 is 35.0 Å². The summed E-state index contributed by atoms with van der Waals surface area (Å²) < 4.78 is 4.89. The molecule has 0 radical (unpaired) electrons. The molecule has 1 saturated carbocycles. The van der Waals surface area contributed by atoms with Crippen molar-refractivity contribution < 1.29 is 28.7 Å². The van der Waals surface area contributed by atoms with Crippen LogP contribution in [-0.4, -0.2) is 46.9 Å². The number of methoxy groups -OCH3 is 1. The first-order valence-corrected chi connectivity index (χ1v) is 10.5. The molecule has 1 heterocycles. The van der Waals surface area contributed by atoms with Crippen LogP contribution in [0, 0.1) is 0 Å². The molecule has 2 aromatic carbocycles. The summed E-state index contributed by atoms with van der Waals surface area (Å²) >= 11 is 5.94. The van der Waals surface area contributed by atoms with Crippen LogP contribution in [0.1, 0.15) is 57.9 Å². The minimum Gasteiger partial charge on any atom is -0.469 e. The van der Waals surface area contributed by atoms with Gasteiger partial charge in [-0.3, -0.25) is 28.9 Å². The van der Waals surface area contributed by atoms with E-state index in [0.717, 1.165) is 4.90 Å². The molecule has 1 unspecified atom stereocenters. The van der Waals surface area contributed by atoms with Crippen molar-refractivity contribution in [3.05, 3.63) is 70.2 Å². The number of ketones is 2. The summed E-state index contributed by atoms with van der Waals surface area (Å²) in [5.74, 6) is -3.54. The Morgan fingerprint density at radius 3 is 2.12 bits per heavy atom. The Balaban J connectivity index is 1.72. The molecule has 2 aromatic rings. The monoisotopic (exact) mass is 453 g/mol. The maximum atomic E-state index is 13.7. The lowest BCUT2D eigenvalue weighted by Crippen LogP contribution is -2.56. The SMILES string of the molecule is COC(=O)[C@@H](CC(=O)C1(N2C(=O)c3ccccc3C2=O)CCC(=O)C1)c1ccc(Cl)cc1. The summed E-state index contributed by atoms with van der Waals surface area (Å²) in [7, 11) is 1.22. The Bertz CT molecular complexity index is 1110. The molecule has 0 saturated heterocycles. The minimum absolute atomic E-state index is 0.0324. The number of ether oxygens (including phenoxy) is 1. The molecule has 1 aliphatic carbocycles. The number of esters is 1. The van der Waals surface area contributed by atoms with Gasteiger partial charge in [0.15, 0.2) is 5.78 Å². The van der Waals surface area contributed by atoms with Gasteiger partial charge in [0, 0.05) is 24.3 Å². The van der Waals surface area contributed by atoms with E-state index in [1.165, 1.54) is 19.2 Å². The normalized spacial score (nSPS) is 20.9. The zero-order valence-electron chi connectivity index (χ0n) is 17.3. The largest absolute Gasteiger partial charge is 0.469 e. The van der Waals surface area contributed by atoms with Crippen molar-refractivity contribution in [2.24, 2.45) is 0 Å². The number of nitrogens with zero attached hydrogens (tertiary/aromatic N) is 1. The van der Waals surface area contributed by atoms with Gasteiger partial charge in [0.2, 0.25) is 0 Å². The van der Waals surface area contributed by atoms with Gasteiger partial charge in [-0.05, 0) is 36.2 Å². The van der Waals surface area contributed by atoms with Gasteiger partial charge in [0.25, 0.3) is 11.8 Å². The second-order valence-corrected chi connectivity index (χ2v) is 8.43. The molecule has 1 aliphatic heterocycles. The van der Waals surface area contributed by atoms with Crippen molar-refractivity contribution in [2.45, 2.75) is 37.1 Å². The maximum absolute atomic E-state index is 13.7. The van der Waals surface area contributed by atoms with E-state index in [2.05, 4.69) is 0 Å². The van der Waals surface area contributed by atoms with Crippen molar-refractivity contribution in [3.8, 4) is 0 Å². The first kappa shape index (κ1) is 21.9. The number of carbonyl (C=O) groups excluding carboxylic acids is 5. The van der Waals surface area contributed by atoms with E-state index in [-0.39, 0.29) is 42.6 Å². The number of hydrogen-bond donors (Lipinski definition) is 0. The molecular formula is C24H20ClNO6. The van der Waals surface area contributed by atoms with Crippen LogP contribution in [0.4, 0.5) is 0 Å². The van der Waals surface area contributed by atoms with Crippen LogP contribution in [0.3, 0.4) is 0 Å². The second kappa shape index (κ2) is 8.31. The molecular weight excluding hydrogens is 434 g/mol. The zero-order valence-corrected chi connectivity index (χ0v) is 18.1. The lowest BCUT2D eigenvalue weighted by atomic mass is 9.82. The number of halogens is 1. The van der Waals surface area contributed by atoms with E-state index in [9.17, 15) is 24.0 Å². The molecule has 2 atom stereocenters. The fourth-order valence-corrected chi connectivity index (χ4v) is 4.66. The standard InChI is InChI=1S/C24H20ClNO6/c1-32-23(31)19(14-6-8-15(25)9-7-14)12-20(28)24(11-10-16(27)13-24)26-21(29)17-4-2-3-5-18(17)22(26)30/h2-9,19H,10-13H2,1H3/t19-,24?/m0/s1. The van der Waals surface area contributed by atoms with Gasteiger partial charge in [0.1, 0.15) is 11.3 Å². The Morgan fingerprint density at radius 1 is 1.03 bits per heavy atom. The molecule has 4 rings (SSSR count). The lowest BCUT2D eigenvalue weighted by Gasteiger charge is -2.36. The number of imide groups is 1. The summed E-state index contributed by atoms with van der Waals surface area (Å²) in [4.78, 5) is 65.7. The molecule has 8 heteroatoms. The van der Waals surface area contributed by atoms with Crippen LogP contribution in [-0.2, 0) is 19.1 Å². The molecule has 2 aliphatic rings. The molecule has 1 fully saturated rings. The van der Waals surface area contributed by atoms with Crippen molar-refractivity contribution in [2.75, 3.05) is 7.11 Å². The van der Waals surface area contributed by atoms with E-state index in [0.29, 0.717) is 10.6 Å². The van der Waals surface area contributed by atoms with Crippen LogP contribution in [0.15, 0.2) is 48.5 Å². The Hall–Kier alpha value is -3.32. The van der Waals surface area contributed by atoms with Gasteiger partial charge in [-0.2, -0.15) is 0 Å². The van der Waals surface area contributed by atoms with Gasteiger partial charge < -0.3 is 4.74 Å². The first-order valence-electron chi connectivity index (χ1n) is 10.1. The number of carbonyl (C=O) groups is 5. The predicted molar refractivity (Wildman–Crippen MR) is 114 cm³/mol. The lowest BCUT2D eigenvalue weighted by molar-refractivity contribution is -0.145. The fourth-order valence-electron chi connectivity index (χ4n) is 4.53. The van der Waals surface area contributed by atoms with Gasteiger partial charge in [-0.25, -0.2) is 0 Å². The summed E-state index contributed by atoms with van der Waals surface area (Å²) in [5.41, 5.74) is -0.711. The molecule has 0 spiro atoms. The quantitative estimate of drug-likeness (QED) is 0.491. The summed E-state index contributed by atoms with van der Waals surface area (Å²) in [6, 6.07) is 12.7. The third-order valence-corrected chi connectivity index (χ3v) is 6.45. The smallest absolute Gasteiger partial charge is 0.313 e. The molecule has 7 nitrogen and oxygen atoms in total. The summed E-state index contributed by atoms with van der Waals surface area (Å²) in [5, 5.41) is 0.465. The number of Topliss-reactive ketones (excluding diaryl/α,β-unsaturated/α-hetero) is 2. The van der Waals surface area contributed by atoms with E-state index in [1.807, 2.05) is 0 Å². The molecule has 0 aromatic heterocycles. The van der Waals surface area contributed by atoms with Crippen LogP contribution >= 0.6 is 11.6 Å². The summed E-state index contributed by atoms with van der Waals surface area (Å²) in [6.45, 7) is 0. The number of fused-ring (bicyclic) bond motifs is 1. The van der Waals surface area contributed by atoms with Crippen molar-refractivity contribution in [1.29, 1.82) is 0 Å². The van der Waals surface area contributed by atoms with E-state index >= 15 is 0 Å². The molecule has 0 N–H and O–H groups in total. The highest BCUT2D eigenvalue weighted by Crippen LogP contribution is 2.41. The third kappa shape index (κ3) is 3.52. The van der Waals surface area contributed by atoms with Gasteiger partial charge >= 0.3 is 5.97 Å². The fraction of sp³-hybridized carbons (Fsp3) is 0.292. The average molecular weight is 454 g/mol. The van der Waals surface area contributed by atoms with E-state index in [4.69, 9.17) is 16.3 Å². The number of benzene rings is 2. The predicted octanol–water partition coefficient (Wildman–Crippen LogP) is 3.34. The minimum atomic E-state index is -1.62. The van der Waals surface area contributed by atoms with Crippen LogP contribution in [0.5, 0.6) is 0 Å². The molecule has 0 bridgehead atoms. The van der Waals surface area contributed by atoms with Gasteiger partial charge in [-0.15, -0.1) is 0 Å². The second-order valence-electron chi connectivity index (χ2n) is 7.99. The van der Waals surface area contributed by atoms with Crippen LogP contribution < -0.4 is 0 Å². The van der Waals surface area contributed by atoms with Crippen LogP contribution in [0.25, 0.3) is 0 Å². The number of rotatable bonds is 6. The third-order valence-electron chi connectivity index (χ3n) is 6.20. The summed E-state index contributed by atoms with van der Waals surface area (Å²) in [6.07, 6.45) is -0.478. The van der Waals surface area contributed by atoms with Crippen LogP contribution in [0.2, 0.25) is 5.02 Å². The van der Waals surface area contributed by atoms with Crippen molar-refractivity contribution in [1.82, 2.24) is 4.90 Å². The Morgan fingerprint density at radius 2 is 1.62 bits per heavy atom. The molecule has 164 valence electrons. The molecule has 2 amide bonds.